The molecule has 0 radical (unpaired) electrons. The standard InChI is InChI=1S/C22H26N4O/c1-16(2)12-18-7-5-9-23-22(18)25-10-11-26(19(14-25)15-27)21-13-17-6-3-4-8-20(17)24-21/h3-9,13,15-16,19,24H,10-12,14H2,1-2H3. The Bertz CT molecular complexity index is 900. The largest absolute Gasteiger partial charge is 0.352 e. The van der Waals surface area contributed by atoms with Crippen molar-refractivity contribution >= 4 is 28.8 Å². The van der Waals surface area contributed by atoms with Crippen molar-refractivity contribution in [3.8, 4) is 0 Å². The average Bonchev–Trinajstić information content (AvgIpc) is 3.11. The van der Waals surface area contributed by atoms with Gasteiger partial charge in [-0.15, -0.1) is 0 Å². The fourth-order valence-electron chi connectivity index (χ4n) is 3.94. The number of benzene rings is 1. The SMILES string of the molecule is CC(C)Cc1cccnc1N1CCN(c2cc3ccccc3[nH]2)C(C=O)C1. The topological polar surface area (TPSA) is 52.2 Å². The van der Waals surface area contributed by atoms with E-state index in [0.29, 0.717) is 12.5 Å². The van der Waals surface area contributed by atoms with Crippen LogP contribution < -0.4 is 9.80 Å². The Morgan fingerprint density at radius 1 is 1.22 bits per heavy atom. The molecule has 2 aromatic heterocycles. The van der Waals surface area contributed by atoms with Gasteiger partial charge in [0.25, 0.3) is 0 Å². The molecule has 4 rings (SSSR count). The molecule has 5 heteroatoms. The van der Waals surface area contributed by atoms with Crippen LogP contribution in [0.3, 0.4) is 0 Å². The van der Waals surface area contributed by atoms with Gasteiger partial charge >= 0.3 is 0 Å². The lowest BCUT2D eigenvalue weighted by Crippen LogP contribution is -2.54. The number of hydrogen-bond donors (Lipinski definition) is 1. The maximum Gasteiger partial charge on any atom is 0.144 e. The molecule has 0 amide bonds. The molecule has 27 heavy (non-hydrogen) atoms. The van der Waals surface area contributed by atoms with E-state index < -0.39 is 0 Å². The maximum absolute atomic E-state index is 11.9. The molecule has 0 bridgehead atoms. The van der Waals surface area contributed by atoms with E-state index in [1.165, 1.54) is 10.9 Å². The number of pyridine rings is 1. The Hall–Kier alpha value is -2.82. The van der Waals surface area contributed by atoms with E-state index in [-0.39, 0.29) is 6.04 Å². The van der Waals surface area contributed by atoms with Gasteiger partial charge in [0.15, 0.2) is 0 Å². The van der Waals surface area contributed by atoms with Gasteiger partial charge in [-0.25, -0.2) is 4.98 Å². The summed E-state index contributed by atoms with van der Waals surface area (Å²) in [4.78, 5) is 24.4. The van der Waals surface area contributed by atoms with E-state index in [9.17, 15) is 4.79 Å². The number of aromatic nitrogens is 2. The summed E-state index contributed by atoms with van der Waals surface area (Å²) >= 11 is 0. The smallest absolute Gasteiger partial charge is 0.144 e. The molecule has 5 nitrogen and oxygen atoms in total. The quantitative estimate of drug-likeness (QED) is 0.704. The first-order valence-corrected chi connectivity index (χ1v) is 9.64. The number of nitrogens with zero attached hydrogens (tertiary/aromatic N) is 3. The summed E-state index contributed by atoms with van der Waals surface area (Å²) in [5.41, 5.74) is 2.36. The van der Waals surface area contributed by atoms with Gasteiger partial charge in [0.1, 0.15) is 24.0 Å². The number of H-pyrrole nitrogens is 1. The summed E-state index contributed by atoms with van der Waals surface area (Å²) < 4.78 is 0. The van der Waals surface area contributed by atoms with Crippen molar-refractivity contribution in [3.05, 3.63) is 54.2 Å². The van der Waals surface area contributed by atoms with Crippen LogP contribution in [-0.2, 0) is 11.2 Å². The predicted molar refractivity (Wildman–Crippen MR) is 110 cm³/mol. The van der Waals surface area contributed by atoms with E-state index >= 15 is 0 Å². The molecule has 140 valence electrons. The Balaban J connectivity index is 1.58. The van der Waals surface area contributed by atoms with Gasteiger partial charge in [0.05, 0.1) is 0 Å². The van der Waals surface area contributed by atoms with Crippen LogP contribution in [0.2, 0.25) is 0 Å². The number of piperazine rings is 1. The number of rotatable bonds is 5. The maximum atomic E-state index is 11.9. The third-order valence-electron chi connectivity index (χ3n) is 5.20. The van der Waals surface area contributed by atoms with Crippen LogP contribution in [0.1, 0.15) is 19.4 Å². The number of carbonyl (C=O) groups excluding carboxylic acids is 1. The number of hydrogen-bond acceptors (Lipinski definition) is 4. The lowest BCUT2D eigenvalue weighted by Gasteiger charge is -2.40. The van der Waals surface area contributed by atoms with Gasteiger partial charge in [-0.05, 0) is 36.1 Å². The summed E-state index contributed by atoms with van der Waals surface area (Å²) in [7, 11) is 0. The van der Waals surface area contributed by atoms with Crippen molar-refractivity contribution in [1.29, 1.82) is 0 Å². The molecule has 3 heterocycles. The molecule has 3 aromatic rings. The molecule has 1 aliphatic heterocycles. The van der Waals surface area contributed by atoms with Gasteiger partial charge in [-0.1, -0.05) is 38.1 Å². The molecule has 0 spiro atoms. The minimum absolute atomic E-state index is 0.194. The normalized spacial score (nSPS) is 17.7. The monoisotopic (exact) mass is 362 g/mol. The molecular weight excluding hydrogens is 336 g/mol. The first-order valence-electron chi connectivity index (χ1n) is 9.64. The lowest BCUT2D eigenvalue weighted by molar-refractivity contribution is -0.109. The minimum atomic E-state index is -0.194. The van der Waals surface area contributed by atoms with Crippen LogP contribution in [0.4, 0.5) is 11.6 Å². The van der Waals surface area contributed by atoms with Crippen LogP contribution in [0, 0.1) is 5.92 Å². The van der Waals surface area contributed by atoms with Gasteiger partial charge in [-0.3, -0.25) is 0 Å². The van der Waals surface area contributed by atoms with Crippen molar-refractivity contribution < 1.29 is 4.79 Å². The first kappa shape index (κ1) is 17.6. The second-order valence-corrected chi connectivity index (χ2v) is 7.67. The number of para-hydroxylation sites is 1. The number of anilines is 2. The zero-order chi connectivity index (χ0) is 18.8. The van der Waals surface area contributed by atoms with Crippen LogP contribution in [-0.4, -0.2) is 41.9 Å². The van der Waals surface area contributed by atoms with Crippen molar-refractivity contribution in [2.75, 3.05) is 29.4 Å². The minimum Gasteiger partial charge on any atom is -0.352 e. The number of nitrogens with one attached hydrogen (secondary N) is 1. The fourth-order valence-corrected chi connectivity index (χ4v) is 3.94. The predicted octanol–water partition coefficient (Wildman–Crippen LogP) is 3.66. The second kappa shape index (κ2) is 7.43. The third-order valence-corrected chi connectivity index (χ3v) is 5.20. The Morgan fingerprint density at radius 2 is 2.07 bits per heavy atom. The lowest BCUT2D eigenvalue weighted by atomic mass is 10.0. The average molecular weight is 362 g/mol. The Morgan fingerprint density at radius 3 is 2.85 bits per heavy atom. The van der Waals surface area contributed by atoms with E-state index in [4.69, 9.17) is 0 Å². The molecule has 1 atom stereocenters. The first-order chi connectivity index (χ1) is 13.2. The van der Waals surface area contributed by atoms with Crippen LogP contribution in [0.25, 0.3) is 10.9 Å². The highest BCUT2D eigenvalue weighted by molar-refractivity contribution is 5.85. The fraction of sp³-hybridized carbons (Fsp3) is 0.364. The Labute approximate surface area is 160 Å². The summed E-state index contributed by atoms with van der Waals surface area (Å²) in [6.07, 6.45) is 3.90. The van der Waals surface area contributed by atoms with Gasteiger partial charge < -0.3 is 19.6 Å². The van der Waals surface area contributed by atoms with Crippen molar-refractivity contribution in [2.24, 2.45) is 5.92 Å². The second-order valence-electron chi connectivity index (χ2n) is 7.67. The molecular formula is C22H26N4O. The number of fused-ring (bicyclic) bond motifs is 1. The van der Waals surface area contributed by atoms with Gasteiger partial charge in [0, 0.05) is 36.7 Å². The summed E-state index contributed by atoms with van der Waals surface area (Å²) in [5, 5.41) is 1.17. The Kier molecular flexibility index (Phi) is 4.84. The zero-order valence-corrected chi connectivity index (χ0v) is 15.9. The van der Waals surface area contributed by atoms with E-state index in [2.05, 4.69) is 57.9 Å². The van der Waals surface area contributed by atoms with Crippen LogP contribution >= 0.6 is 0 Å². The van der Waals surface area contributed by atoms with Crippen molar-refractivity contribution in [2.45, 2.75) is 26.3 Å². The highest BCUT2D eigenvalue weighted by Gasteiger charge is 2.29. The molecule has 1 saturated heterocycles. The number of carbonyl (C=O) groups is 1. The molecule has 1 aromatic carbocycles. The van der Waals surface area contributed by atoms with E-state index in [1.54, 1.807) is 0 Å². The third kappa shape index (κ3) is 3.54. The summed E-state index contributed by atoms with van der Waals surface area (Å²) in [6, 6.07) is 14.3. The van der Waals surface area contributed by atoms with E-state index in [0.717, 1.165) is 42.9 Å². The molecule has 1 unspecified atom stereocenters. The van der Waals surface area contributed by atoms with Crippen molar-refractivity contribution in [3.63, 3.8) is 0 Å². The molecule has 0 aliphatic carbocycles. The summed E-state index contributed by atoms with van der Waals surface area (Å²) in [5.74, 6) is 2.60. The van der Waals surface area contributed by atoms with Crippen LogP contribution in [0.5, 0.6) is 0 Å². The van der Waals surface area contributed by atoms with Gasteiger partial charge in [-0.2, -0.15) is 0 Å². The van der Waals surface area contributed by atoms with Crippen molar-refractivity contribution in [1.82, 2.24) is 9.97 Å². The van der Waals surface area contributed by atoms with Gasteiger partial charge in [0.2, 0.25) is 0 Å². The molecule has 1 N–H and O–H groups in total. The van der Waals surface area contributed by atoms with E-state index in [1.807, 2.05) is 24.4 Å². The highest BCUT2D eigenvalue weighted by Crippen LogP contribution is 2.27. The summed E-state index contributed by atoms with van der Waals surface area (Å²) in [6.45, 7) is 6.73. The highest BCUT2D eigenvalue weighted by atomic mass is 16.1. The zero-order valence-electron chi connectivity index (χ0n) is 15.9. The number of aldehydes is 1. The van der Waals surface area contributed by atoms with Crippen LogP contribution in [0.15, 0.2) is 48.7 Å². The molecule has 1 fully saturated rings. The number of aromatic amines is 1. The molecule has 0 saturated carbocycles. The molecule has 1 aliphatic rings.